The van der Waals surface area contributed by atoms with Crippen molar-refractivity contribution >= 4 is 15.9 Å². The van der Waals surface area contributed by atoms with Crippen molar-refractivity contribution in [2.24, 2.45) is 0 Å². The molecule has 4 heteroatoms. The summed E-state index contributed by atoms with van der Waals surface area (Å²) in [6.07, 6.45) is 0. The van der Waals surface area contributed by atoms with Crippen molar-refractivity contribution in [1.82, 2.24) is 5.32 Å². The summed E-state index contributed by atoms with van der Waals surface area (Å²) in [4.78, 5) is 0. The average molecular weight is 350 g/mol. The molecule has 0 aliphatic heterocycles. The largest absolute Gasteiger partial charge is 0.493 e. The van der Waals surface area contributed by atoms with Gasteiger partial charge in [-0.05, 0) is 42.3 Å². The van der Waals surface area contributed by atoms with Crippen LogP contribution in [0.1, 0.15) is 18.1 Å². The van der Waals surface area contributed by atoms with Gasteiger partial charge in [-0.1, -0.05) is 34.1 Å². The number of benzene rings is 2. The van der Waals surface area contributed by atoms with Crippen LogP contribution in [0.15, 0.2) is 46.9 Å². The molecule has 2 aromatic carbocycles. The van der Waals surface area contributed by atoms with Gasteiger partial charge in [0, 0.05) is 17.6 Å². The summed E-state index contributed by atoms with van der Waals surface area (Å²) in [6.45, 7) is 4.23. The fraction of sp³-hybridized carbons (Fsp3) is 0.294. The summed E-state index contributed by atoms with van der Waals surface area (Å²) < 4.78 is 12.0. The molecule has 0 amide bonds. The molecule has 0 saturated heterocycles. The molecule has 112 valence electrons. The predicted molar refractivity (Wildman–Crippen MR) is 88.8 cm³/mol. The lowest BCUT2D eigenvalue weighted by Gasteiger charge is -2.11. The second kappa shape index (κ2) is 8.05. The Hall–Kier alpha value is -1.52. The Morgan fingerprint density at radius 2 is 1.62 bits per heavy atom. The van der Waals surface area contributed by atoms with Crippen LogP contribution in [0.25, 0.3) is 0 Å². The van der Waals surface area contributed by atoms with Crippen LogP contribution in [-0.2, 0) is 13.1 Å². The third kappa shape index (κ3) is 4.76. The zero-order valence-corrected chi connectivity index (χ0v) is 13.9. The lowest BCUT2D eigenvalue weighted by molar-refractivity contribution is 0.310. The van der Waals surface area contributed by atoms with Crippen molar-refractivity contribution in [3.05, 3.63) is 58.1 Å². The number of nitrogens with one attached hydrogen (secondary N) is 1. The van der Waals surface area contributed by atoms with Crippen LogP contribution in [-0.4, -0.2) is 13.7 Å². The molecule has 1 N–H and O–H groups in total. The number of ether oxygens (including phenoxy) is 2. The van der Waals surface area contributed by atoms with Gasteiger partial charge in [-0.2, -0.15) is 0 Å². The van der Waals surface area contributed by atoms with E-state index in [9.17, 15) is 0 Å². The van der Waals surface area contributed by atoms with Gasteiger partial charge in [0.1, 0.15) is 0 Å². The monoisotopic (exact) mass is 349 g/mol. The summed E-state index contributed by atoms with van der Waals surface area (Å²) in [5.74, 6) is 1.57. The molecule has 0 radical (unpaired) electrons. The molecule has 0 fully saturated rings. The van der Waals surface area contributed by atoms with Crippen LogP contribution in [0.2, 0.25) is 0 Å². The lowest BCUT2D eigenvalue weighted by Crippen LogP contribution is -2.12. The molecule has 2 rings (SSSR count). The van der Waals surface area contributed by atoms with Crippen molar-refractivity contribution in [2.75, 3.05) is 13.7 Å². The molecule has 0 aliphatic carbocycles. The SMILES string of the molecule is CCOc1ccc(CNCc2ccc(Br)cc2)cc1OC. The number of rotatable bonds is 7. The van der Waals surface area contributed by atoms with E-state index in [1.165, 1.54) is 11.1 Å². The Balaban J connectivity index is 1.92. The summed E-state index contributed by atoms with van der Waals surface area (Å²) >= 11 is 3.44. The zero-order chi connectivity index (χ0) is 15.1. The standard InChI is InChI=1S/C17H20BrNO2/c1-3-21-16-9-6-14(10-17(16)20-2)12-19-11-13-4-7-15(18)8-5-13/h4-10,19H,3,11-12H2,1-2H3. The summed E-state index contributed by atoms with van der Waals surface area (Å²) in [5.41, 5.74) is 2.43. The summed E-state index contributed by atoms with van der Waals surface area (Å²) in [7, 11) is 1.66. The molecule has 3 nitrogen and oxygen atoms in total. The number of hydrogen-bond acceptors (Lipinski definition) is 3. The van der Waals surface area contributed by atoms with Crippen molar-refractivity contribution in [1.29, 1.82) is 0 Å². The van der Waals surface area contributed by atoms with Crippen LogP contribution < -0.4 is 14.8 Å². The van der Waals surface area contributed by atoms with Gasteiger partial charge in [-0.25, -0.2) is 0 Å². The fourth-order valence-corrected chi connectivity index (χ4v) is 2.31. The average Bonchev–Trinajstić information content (AvgIpc) is 2.51. The predicted octanol–water partition coefficient (Wildman–Crippen LogP) is 4.15. The van der Waals surface area contributed by atoms with Crippen molar-refractivity contribution in [3.8, 4) is 11.5 Å². The van der Waals surface area contributed by atoms with Crippen molar-refractivity contribution in [2.45, 2.75) is 20.0 Å². The van der Waals surface area contributed by atoms with Crippen LogP contribution in [0.3, 0.4) is 0 Å². The first kappa shape index (κ1) is 15.9. The molecular weight excluding hydrogens is 330 g/mol. The van der Waals surface area contributed by atoms with Gasteiger partial charge in [-0.3, -0.25) is 0 Å². The molecule has 0 saturated carbocycles. The third-order valence-electron chi connectivity index (χ3n) is 3.10. The van der Waals surface area contributed by atoms with E-state index in [0.29, 0.717) is 6.61 Å². The number of hydrogen-bond donors (Lipinski definition) is 1. The Morgan fingerprint density at radius 1 is 0.952 bits per heavy atom. The molecule has 0 heterocycles. The molecule has 21 heavy (non-hydrogen) atoms. The second-order valence-electron chi connectivity index (χ2n) is 4.65. The molecule has 0 spiro atoms. The minimum atomic E-state index is 0.636. The van der Waals surface area contributed by atoms with Gasteiger partial charge in [0.05, 0.1) is 13.7 Å². The van der Waals surface area contributed by atoms with E-state index in [2.05, 4.69) is 51.6 Å². The zero-order valence-electron chi connectivity index (χ0n) is 12.4. The van der Waals surface area contributed by atoms with Crippen LogP contribution >= 0.6 is 15.9 Å². The molecule has 0 bridgehead atoms. The molecular formula is C17H20BrNO2. The Bertz CT molecular complexity index is 570. The Morgan fingerprint density at radius 3 is 2.29 bits per heavy atom. The third-order valence-corrected chi connectivity index (χ3v) is 3.63. The van der Waals surface area contributed by atoms with E-state index in [0.717, 1.165) is 29.1 Å². The first-order chi connectivity index (χ1) is 10.2. The van der Waals surface area contributed by atoms with Crippen molar-refractivity contribution in [3.63, 3.8) is 0 Å². The van der Waals surface area contributed by atoms with Gasteiger partial charge >= 0.3 is 0 Å². The van der Waals surface area contributed by atoms with Gasteiger partial charge in [0.2, 0.25) is 0 Å². The van der Waals surface area contributed by atoms with Crippen LogP contribution in [0.5, 0.6) is 11.5 Å². The van der Waals surface area contributed by atoms with E-state index < -0.39 is 0 Å². The topological polar surface area (TPSA) is 30.5 Å². The molecule has 0 atom stereocenters. The van der Waals surface area contributed by atoms with Gasteiger partial charge < -0.3 is 14.8 Å². The van der Waals surface area contributed by atoms with Crippen molar-refractivity contribution < 1.29 is 9.47 Å². The Labute approximate surface area is 134 Å². The van der Waals surface area contributed by atoms with E-state index in [1.54, 1.807) is 7.11 Å². The highest BCUT2D eigenvalue weighted by Crippen LogP contribution is 2.27. The summed E-state index contributed by atoms with van der Waals surface area (Å²) in [5, 5.41) is 3.43. The molecule has 0 aliphatic rings. The van der Waals surface area contributed by atoms with E-state index >= 15 is 0 Å². The highest BCUT2D eigenvalue weighted by atomic mass is 79.9. The maximum Gasteiger partial charge on any atom is 0.161 e. The number of methoxy groups -OCH3 is 1. The van der Waals surface area contributed by atoms with Gasteiger partial charge in [0.25, 0.3) is 0 Å². The quantitative estimate of drug-likeness (QED) is 0.814. The smallest absolute Gasteiger partial charge is 0.161 e. The molecule has 0 aromatic heterocycles. The van der Waals surface area contributed by atoms with Gasteiger partial charge in [0.15, 0.2) is 11.5 Å². The van der Waals surface area contributed by atoms with E-state index in [4.69, 9.17) is 9.47 Å². The lowest BCUT2D eigenvalue weighted by atomic mass is 10.2. The number of halogens is 1. The van der Waals surface area contributed by atoms with E-state index in [-0.39, 0.29) is 0 Å². The normalized spacial score (nSPS) is 10.4. The molecule has 0 unspecified atom stereocenters. The first-order valence-corrected chi connectivity index (χ1v) is 7.77. The highest BCUT2D eigenvalue weighted by Gasteiger charge is 2.05. The Kier molecular flexibility index (Phi) is 6.08. The minimum Gasteiger partial charge on any atom is -0.493 e. The minimum absolute atomic E-state index is 0.636. The maximum atomic E-state index is 5.52. The molecule has 2 aromatic rings. The highest BCUT2D eigenvalue weighted by molar-refractivity contribution is 9.10. The van der Waals surface area contributed by atoms with Gasteiger partial charge in [-0.15, -0.1) is 0 Å². The summed E-state index contributed by atoms with van der Waals surface area (Å²) in [6, 6.07) is 14.3. The first-order valence-electron chi connectivity index (χ1n) is 6.97. The van der Waals surface area contributed by atoms with E-state index in [1.807, 2.05) is 19.1 Å². The fourth-order valence-electron chi connectivity index (χ4n) is 2.05. The van der Waals surface area contributed by atoms with Crippen LogP contribution in [0.4, 0.5) is 0 Å². The maximum absolute atomic E-state index is 5.52. The van der Waals surface area contributed by atoms with Crippen LogP contribution in [0, 0.1) is 0 Å². The second-order valence-corrected chi connectivity index (χ2v) is 5.56.